The summed E-state index contributed by atoms with van der Waals surface area (Å²) in [4.78, 5) is 28.4. The number of methoxy groups -OCH3 is 1. The van der Waals surface area contributed by atoms with Gasteiger partial charge in [0, 0.05) is 11.3 Å². The molecule has 5 aromatic rings. The summed E-state index contributed by atoms with van der Waals surface area (Å²) < 4.78 is 25.5. The molecule has 2 heterocycles. The van der Waals surface area contributed by atoms with Crippen LogP contribution in [0.1, 0.15) is 28.3 Å². The molecule has 1 fully saturated rings. The van der Waals surface area contributed by atoms with Gasteiger partial charge in [0.05, 0.1) is 18.7 Å². The molecule has 1 saturated heterocycles. The lowest BCUT2D eigenvalue weighted by Gasteiger charge is -2.23. The quantitative estimate of drug-likeness (QED) is 0.0564. The summed E-state index contributed by atoms with van der Waals surface area (Å²) in [6, 6.07) is 28.5. The number of thioether (sulfide) groups is 1. The Morgan fingerprint density at radius 3 is 2.33 bits per heavy atom. The van der Waals surface area contributed by atoms with Gasteiger partial charge in [-0.2, -0.15) is 0 Å². The highest BCUT2D eigenvalue weighted by Crippen LogP contribution is 2.45. The molecule has 0 saturated carbocycles. The predicted molar refractivity (Wildman–Crippen MR) is 171 cm³/mol. The van der Waals surface area contributed by atoms with Crippen LogP contribution in [-0.2, 0) is 21.9 Å². The Balaban J connectivity index is 1.36. The molecule has 1 atom stereocenters. The fraction of sp³-hybridized carbons (Fsp3) is 0.118. The molecular formula is C34H26FN3O5S2. The zero-order valence-corrected chi connectivity index (χ0v) is 25.6. The van der Waals surface area contributed by atoms with Crippen LogP contribution < -0.4 is 14.4 Å². The number of hydrogen-bond acceptors (Lipinski definition) is 9. The van der Waals surface area contributed by atoms with Crippen LogP contribution in [0.2, 0.25) is 0 Å². The normalized spacial score (nSPS) is 15.8. The number of aliphatic hydroxyl groups is 1. The van der Waals surface area contributed by atoms with Crippen molar-refractivity contribution >= 4 is 45.7 Å². The SMILES string of the molecule is COc1cc(C2/C(=C(/O)c3ccccc3)C(=O)C(=O)N2c2nnc(SCc3ccc(F)cc3)s2)ccc1OCc1ccccc1. The van der Waals surface area contributed by atoms with Gasteiger partial charge in [-0.3, -0.25) is 14.5 Å². The molecule has 226 valence electrons. The van der Waals surface area contributed by atoms with Crippen LogP contribution >= 0.6 is 23.1 Å². The van der Waals surface area contributed by atoms with Crippen molar-refractivity contribution in [3.8, 4) is 11.5 Å². The number of amides is 1. The predicted octanol–water partition coefficient (Wildman–Crippen LogP) is 7.18. The molecule has 1 unspecified atom stereocenters. The molecule has 1 aromatic heterocycles. The Bertz CT molecular complexity index is 1860. The summed E-state index contributed by atoms with van der Waals surface area (Å²) >= 11 is 2.52. The van der Waals surface area contributed by atoms with Gasteiger partial charge in [-0.15, -0.1) is 10.2 Å². The van der Waals surface area contributed by atoms with E-state index in [1.165, 1.54) is 35.9 Å². The molecule has 0 radical (unpaired) electrons. The summed E-state index contributed by atoms with van der Waals surface area (Å²) in [6.45, 7) is 0.312. The molecule has 45 heavy (non-hydrogen) atoms. The van der Waals surface area contributed by atoms with E-state index in [1.54, 1.807) is 60.7 Å². The molecule has 1 N–H and O–H groups in total. The smallest absolute Gasteiger partial charge is 0.301 e. The minimum atomic E-state index is -1.02. The zero-order chi connectivity index (χ0) is 31.3. The zero-order valence-electron chi connectivity index (χ0n) is 23.9. The van der Waals surface area contributed by atoms with Gasteiger partial charge in [-0.25, -0.2) is 4.39 Å². The van der Waals surface area contributed by atoms with Gasteiger partial charge in [0.1, 0.15) is 18.2 Å². The topological polar surface area (TPSA) is 102 Å². The van der Waals surface area contributed by atoms with E-state index in [0.29, 0.717) is 39.3 Å². The first-order chi connectivity index (χ1) is 21.9. The molecule has 1 amide bonds. The molecule has 1 aliphatic rings. The first-order valence-electron chi connectivity index (χ1n) is 13.8. The van der Waals surface area contributed by atoms with Gasteiger partial charge in [0.25, 0.3) is 5.78 Å². The molecule has 4 aromatic carbocycles. The van der Waals surface area contributed by atoms with Gasteiger partial charge in [-0.1, -0.05) is 102 Å². The molecule has 0 spiro atoms. The highest BCUT2D eigenvalue weighted by molar-refractivity contribution is 8.00. The minimum absolute atomic E-state index is 0.0816. The number of ketones is 1. The highest BCUT2D eigenvalue weighted by atomic mass is 32.2. The van der Waals surface area contributed by atoms with Crippen LogP contribution in [0.15, 0.2) is 113 Å². The van der Waals surface area contributed by atoms with Crippen molar-refractivity contribution in [2.75, 3.05) is 12.0 Å². The second-order valence-corrected chi connectivity index (χ2v) is 12.2. The van der Waals surface area contributed by atoms with E-state index in [2.05, 4.69) is 10.2 Å². The van der Waals surface area contributed by atoms with E-state index >= 15 is 0 Å². The van der Waals surface area contributed by atoms with Crippen LogP contribution in [0.5, 0.6) is 11.5 Å². The molecule has 6 rings (SSSR count). The fourth-order valence-electron chi connectivity index (χ4n) is 4.89. The van der Waals surface area contributed by atoms with Crippen molar-refractivity contribution in [3.05, 3.63) is 137 Å². The third kappa shape index (κ3) is 6.45. The maximum absolute atomic E-state index is 13.6. The number of aliphatic hydroxyl groups excluding tert-OH is 1. The van der Waals surface area contributed by atoms with E-state index in [0.717, 1.165) is 22.5 Å². The number of halogens is 1. The summed E-state index contributed by atoms with van der Waals surface area (Å²) in [7, 11) is 1.50. The monoisotopic (exact) mass is 639 g/mol. The fourth-order valence-corrected chi connectivity index (χ4v) is 6.71. The van der Waals surface area contributed by atoms with Crippen LogP contribution in [0.25, 0.3) is 5.76 Å². The van der Waals surface area contributed by atoms with Crippen molar-refractivity contribution in [1.82, 2.24) is 10.2 Å². The molecule has 1 aliphatic heterocycles. The first-order valence-corrected chi connectivity index (χ1v) is 15.6. The number of hydrogen-bond donors (Lipinski definition) is 1. The molecule has 11 heteroatoms. The summed E-state index contributed by atoms with van der Waals surface area (Å²) in [6.07, 6.45) is 0. The minimum Gasteiger partial charge on any atom is -0.507 e. The van der Waals surface area contributed by atoms with Crippen molar-refractivity contribution in [1.29, 1.82) is 0 Å². The maximum Gasteiger partial charge on any atom is 0.301 e. The molecular weight excluding hydrogens is 614 g/mol. The summed E-state index contributed by atoms with van der Waals surface area (Å²) in [5.41, 5.74) is 2.68. The van der Waals surface area contributed by atoms with E-state index in [4.69, 9.17) is 9.47 Å². The molecule has 0 bridgehead atoms. The number of carbonyl (C=O) groups excluding carboxylic acids is 2. The second kappa shape index (κ2) is 13.3. The second-order valence-electron chi connectivity index (χ2n) is 9.99. The number of Topliss-reactive ketones (excluding diaryl/α,β-unsaturated/α-hetero) is 1. The standard InChI is InChI=1S/C34H26FN3O5S2/c1-42-27-18-24(14-17-26(27)43-19-21-8-4-2-5-9-21)29-28(30(39)23-10-6-3-7-11-23)31(40)32(41)38(29)33-36-37-34(45-33)44-20-22-12-15-25(35)16-13-22/h2-18,29,39H,19-20H2,1H3/b30-28-. The lowest BCUT2D eigenvalue weighted by Crippen LogP contribution is -2.29. The van der Waals surface area contributed by atoms with Crippen LogP contribution in [0.4, 0.5) is 9.52 Å². The van der Waals surface area contributed by atoms with Gasteiger partial charge in [0.15, 0.2) is 15.8 Å². The van der Waals surface area contributed by atoms with E-state index in [9.17, 15) is 19.1 Å². The van der Waals surface area contributed by atoms with Crippen molar-refractivity contribution in [2.45, 2.75) is 22.7 Å². The van der Waals surface area contributed by atoms with E-state index in [-0.39, 0.29) is 22.3 Å². The molecule has 0 aliphatic carbocycles. The van der Waals surface area contributed by atoms with Crippen LogP contribution in [0, 0.1) is 5.82 Å². The van der Waals surface area contributed by atoms with Crippen LogP contribution in [-0.4, -0.2) is 34.1 Å². The first kappa shape index (κ1) is 30.0. The van der Waals surface area contributed by atoms with Gasteiger partial charge < -0.3 is 14.6 Å². The Hall–Kier alpha value is -5.00. The lowest BCUT2D eigenvalue weighted by molar-refractivity contribution is -0.132. The van der Waals surface area contributed by atoms with Crippen molar-refractivity contribution < 1.29 is 28.6 Å². The average molecular weight is 640 g/mol. The van der Waals surface area contributed by atoms with E-state index < -0.39 is 17.7 Å². The average Bonchev–Trinajstić information content (AvgIpc) is 3.65. The number of benzene rings is 4. The van der Waals surface area contributed by atoms with Crippen molar-refractivity contribution in [2.24, 2.45) is 0 Å². The number of anilines is 1. The largest absolute Gasteiger partial charge is 0.507 e. The maximum atomic E-state index is 13.6. The Morgan fingerprint density at radius 2 is 1.62 bits per heavy atom. The number of aromatic nitrogens is 2. The van der Waals surface area contributed by atoms with Crippen LogP contribution in [0.3, 0.4) is 0 Å². The molecule has 8 nitrogen and oxygen atoms in total. The number of nitrogens with zero attached hydrogens (tertiary/aromatic N) is 3. The van der Waals surface area contributed by atoms with Gasteiger partial charge in [-0.05, 0) is 41.0 Å². The summed E-state index contributed by atoms with van der Waals surface area (Å²) in [5, 5.41) is 20.1. The van der Waals surface area contributed by atoms with E-state index in [1.807, 2.05) is 30.3 Å². The summed E-state index contributed by atoms with van der Waals surface area (Å²) in [5.74, 6) is -0.942. The highest BCUT2D eigenvalue weighted by Gasteiger charge is 2.48. The Kier molecular flexibility index (Phi) is 8.90. The number of ether oxygens (including phenoxy) is 2. The Labute approximate surface area is 266 Å². The van der Waals surface area contributed by atoms with Gasteiger partial charge >= 0.3 is 5.91 Å². The van der Waals surface area contributed by atoms with Gasteiger partial charge in [0.2, 0.25) is 5.13 Å². The van der Waals surface area contributed by atoms with Crippen molar-refractivity contribution in [3.63, 3.8) is 0 Å². The third-order valence-electron chi connectivity index (χ3n) is 7.11. The number of rotatable bonds is 10. The lowest BCUT2D eigenvalue weighted by atomic mass is 9.95. The third-order valence-corrected chi connectivity index (χ3v) is 9.24. The number of carbonyl (C=O) groups is 2. The Morgan fingerprint density at radius 1 is 0.911 bits per heavy atom.